The average Bonchev–Trinajstić information content (AvgIpc) is 2.35. The van der Waals surface area contributed by atoms with E-state index in [4.69, 9.17) is 11.6 Å². The molecule has 0 atom stereocenters. The molecular formula is C13H15ClN2O. The summed E-state index contributed by atoms with van der Waals surface area (Å²) in [5.41, 5.74) is 0. The van der Waals surface area contributed by atoms with E-state index in [1.54, 1.807) is 18.3 Å². The summed E-state index contributed by atoms with van der Waals surface area (Å²) in [5, 5.41) is 11.6. The topological polar surface area (TPSA) is 36.4 Å². The van der Waals surface area contributed by atoms with Crippen molar-refractivity contribution in [2.45, 2.75) is 6.92 Å². The molecule has 0 fully saturated rings. The molecule has 1 N–H and O–H groups in total. The number of alkyl halides is 1. The molecule has 0 bridgehead atoms. The number of phenolic OH excluding ortho intramolecular Hbond substituents is 1. The first-order valence-corrected chi connectivity index (χ1v) is 6.18. The monoisotopic (exact) mass is 250 g/mol. The number of halogens is 1. The van der Waals surface area contributed by atoms with Crippen molar-refractivity contribution in [3.05, 3.63) is 30.5 Å². The summed E-state index contributed by atoms with van der Waals surface area (Å²) in [6.07, 6.45) is 1.78. The number of anilines is 1. The van der Waals surface area contributed by atoms with Crippen LogP contribution < -0.4 is 4.90 Å². The van der Waals surface area contributed by atoms with Crippen LogP contribution in [0.25, 0.3) is 10.8 Å². The fourth-order valence-corrected chi connectivity index (χ4v) is 2.11. The van der Waals surface area contributed by atoms with Crippen LogP contribution in [0.1, 0.15) is 6.92 Å². The van der Waals surface area contributed by atoms with E-state index in [1.807, 2.05) is 12.1 Å². The van der Waals surface area contributed by atoms with Gasteiger partial charge in [-0.2, -0.15) is 0 Å². The van der Waals surface area contributed by atoms with Crippen LogP contribution in [0.4, 0.5) is 5.82 Å². The van der Waals surface area contributed by atoms with Gasteiger partial charge in [0.2, 0.25) is 0 Å². The average molecular weight is 251 g/mol. The summed E-state index contributed by atoms with van der Waals surface area (Å²) < 4.78 is 0. The zero-order valence-electron chi connectivity index (χ0n) is 9.73. The lowest BCUT2D eigenvalue weighted by molar-refractivity contribution is 0.476. The zero-order chi connectivity index (χ0) is 12.3. The minimum atomic E-state index is 0.258. The van der Waals surface area contributed by atoms with Gasteiger partial charge in [0.05, 0.1) is 0 Å². The second kappa shape index (κ2) is 5.23. The normalized spacial score (nSPS) is 10.7. The molecule has 0 saturated carbocycles. The molecule has 3 nitrogen and oxygen atoms in total. The van der Waals surface area contributed by atoms with Crippen LogP contribution in [0.3, 0.4) is 0 Å². The Hall–Kier alpha value is -1.48. The number of rotatable bonds is 4. The maximum absolute atomic E-state index is 9.57. The predicted octanol–water partition coefficient (Wildman–Crippen LogP) is 3.01. The van der Waals surface area contributed by atoms with Crippen molar-refractivity contribution < 1.29 is 5.11 Å². The number of hydrogen-bond acceptors (Lipinski definition) is 3. The van der Waals surface area contributed by atoms with E-state index >= 15 is 0 Å². The van der Waals surface area contributed by atoms with Gasteiger partial charge in [0.15, 0.2) is 0 Å². The third-order valence-corrected chi connectivity index (χ3v) is 2.93. The first kappa shape index (κ1) is 12.0. The second-order valence-corrected chi connectivity index (χ2v) is 4.19. The van der Waals surface area contributed by atoms with Gasteiger partial charge in [-0.1, -0.05) is 6.07 Å². The molecule has 0 unspecified atom stereocenters. The van der Waals surface area contributed by atoms with Crippen LogP contribution in [-0.2, 0) is 0 Å². The van der Waals surface area contributed by atoms with E-state index in [9.17, 15) is 5.11 Å². The smallest absolute Gasteiger partial charge is 0.136 e. The summed E-state index contributed by atoms with van der Waals surface area (Å²) in [6.45, 7) is 3.66. The summed E-state index contributed by atoms with van der Waals surface area (Å²) in [4.78, 5) is 6.50. The van der Waals surface area contributed by atoms with Crippen molar-refractivity contribution in [2.24, 2.45) is 0 Å². The fourth-order valence-electron chi connectivity index (χ4n) is 1.91. The van der Waals surface area contributed by atoms with Crippen LogP contribution in [-0.4, -0.2) is 29.1 Å². The number of pyridine rings is 1. The van der Waals surface area contributed by atoms with Crippen molar-refractivity contribution in [1.82, 2.24) is 4.98 Å². The molecule has 1 heterocycles. The van der Waals surface area contributed by atoms with Gasteiger partial charge in [-0.05, 0) is 30.5 Å². The van der Waals surface area contributed by atoms with Gasteiger partial charge < -0.3 is 10.0 Å². The Labute approximate surface area is 106 Å². The molecule has 1 aromatic carbocycles. The molecular weight excluding hydrogens is 236 g/mol. The Morgan fingerprint density at radius 2 is 2.18 bits per heavy atom. The first-order chi connectivity index (χ1) is 8.26. The van der Waals surface area contributed by atoms with Gasteiger partial charge >= 0.3 is 0 Å². The molecule has 4 heteroatoms. The molecule has 0 radical (unpaired) electrons. The van der Waals surface area contributed by atoms with E-state index in [0.29, 0.717) is 5.88 Å². The predicted molar refractivity (Wildman–Crippen MR) is 72.0 cm³/mol. The maximum Gasteiger partial charge on any atom is 0.136 e. The fraction of sp³-hybridized carbons (Fsp3) is 0.308. The molecule has 1 aromatic heterocycles. The standard InChI is InChI=1S/C13H15ClN2O/c1-2-16(8-6-14)13-12-9-11(17)4-3-10(12)5-7-15-13/h3-5,7,9,17H,2,6,8H2,1H3. The maximum atomic E-state index is 9.57. The van der Waals surface area contributed by atoms with Crippen molar-refractivity contribution in [2.75, 3.05) is 23.9 Å². The van der Waals surface area contributed by atoms with E-state index in [2.05, 4.69) is 16.8 Å². The number of aromatic hydroxyl groups is 1. The Kier molecular flexibility index (Phi) is 3.69. The van der Waals surface area contributed by atoms with E-state index in [0.717, 1.165) is 29.7 Å². The third-order valence-electron chi connectivity index (χ3n) is 2.76. The van der Waals surface area contributed by atoms with Crippen molar-refractivity contribution in [1.29, 1.82) is 0 Å². The molecule has 0 aliphatic carbocycles. The first-order valence-electron chi connectivity index (χ1n) is 5.65. The highest BCUT2D eigenvalue weighted by Gasteiger charge is 2.09. The summed E-state index contributed by atoms with van der Waals surface area (Å²) in [6, 6.07) is 7.26. The summed E-state index contributed by atoms with van der Waals surface area (Å²) >= 11 is 5.79. The number of benzene rings is 1. The lowest BCUT2D eigenvalue weighted by Crippen LogP contribution is -2.26. The number of phenols is 1. The SMILES string of the molecule is CCN(CCCl)c1nccc2ccc(O)cc12. The third kappa shape index (κ3) is 2.44. The molecule has 0 saturated heterocycles. The number of nitrogens with zero attached hydrogens (tertiary/aromatic N) is 2. The molecule has 0 spiro atoms. The van der Waals surface area contributed by atoms with E-state index in [1.165, 1.54) is 0 Å². The molecule has 0 amide bonds. The lowest BCUT2D eigenvalue weighted by atomic mass is 10.1. The van der Waals surface area contributed by atoms with Gasteiger partial charge in [0.25, 0.3) is 0 Å². The number of fused-ring (bicyclic) bond motifs is 1. The van der Waals surface area contributed by atoms with E-state index in [-0.39, 0.29) is 5.75 Å². The van der Waals surface area contributed by atoms with Gasteiger partial charge in [-0.3, -0.25) is 0 Å². The number of aromatic nitrogens is 1. The van der Waals surface area contributed by atoms with Crippen molar-refractivity contribution >= 4 is 28.2 Å². The van der Waals surface area contributed by atoms with Crippen LogP contribution >= 0.6 is 11.6 Å². The Morgan fingerprint density at radius 1 is 1.35 bits per heavy atom. The van der Waals surface area contributed by atoms with Gasteiger partial charge in [-0.15, -0.1) is 11.6 Å². The molecule has 17 heavy (non-hydrogen) atoms. The minimum absolute atomic E-state index is 0.258. The molecule has 2 aromatic rings. The summed E-state index contributed by atoms with van der Waals surface area (Å²) in [7, 11) is 0. The van der Waals surface area contributed by atoms with Gasteiger partial charge in [0.1, 0.15) is 11.6 Å². The Morgan fingerprint density at radius 3 is 2.88 bits per heavy atom. The quantitative estimate of drug-likeness (QED) is 0.848. The van der Waals surface area contributed by atoms with E-state index < -0.39 is 0 Å². The van der Waals surface area contributed by atoms with Gasteiger partial charge in [-0.25, -0.2) is 4.98 Å². The zero-order valence-corrected chi connectivity index (χ0v) is 10.5. The molecule has 90 valence electrons. The summed E-state index contributed by atoms with van der Waals surface area (Å²) in [5.74, 6) is 1.69. The molecule has 0 aliphatic rings. The largest absolute Gasteiger partial charge is 0.508 e. The Bertz CT molecular complexity index is 516. The van der Waals surface area contributed by atoms with Crippen molar-refractivity contribution in [3.8, 4) is 5.75 Å². The second-order valence-electron chi connectivity index (χ2n) is 3.81. The number of hydrogen-bond donors (Lipinski definition) is 1. The lowest BCUT2D eigenvalue weighted by Gasteiger charge is -2.22. The molecule has 0 aliphatic heterocycles. The highest BCUT2D eigenvalue weighted by Crippen LogP contribution is 2.27. The minimum Gasteiger partial charge on any atom is -0.508 e. The highest BCUT2D eigenvalue weighted by atomic mass is 35.5. The molecule has 2 rings (SSSR count). The highest BCUT2D eigenvalue weighted by molar-refractivity contribution is 6.18. The van der Waals surface area contributed by atoms with Crippen LogP contribution in [0.5, 0.6) is 5.75 Å². The van der Waals surface area contributed by atoms with Crippen LogP contribution in [0, 0.1) is 0 Å². The van der Waals surface area contributed by atoms with Crippen molar-refractivity contribution in [3.63, 3.8) is 0 Å². The van der Waals surface area contributed by atoms with Crippen LogP contribution in [0.2, 0.25) is 0 Å². The Balaban J connectivity index is 2.55. The van der Waals surface area contributed by atoms with Crippen LogP contribution in [0.15, 0.2) is 30.5 Å². The van der Waals surface area contributed by atoms with Gasteiger partial charge in [0, 0.05) is 30.6 Å².